The van der Waals surface area contributed by atoms with Gasteiger partial charge in [0.25, 0.3) is 5.91 Å². The van der Waals surface area contributed by atoms with Crippen molar-refractivity contribution in [1.29, 1.82) is 0 Å². The summed E-state index contributed by atoms with van der Waals surface area (Å²) in [5, 5.41) is 4.46. The van der Waals surface area contributed by atoms with E-state index in [-0.39, 0.29) is 5.91 Å². The third-order valence-corrected chi connectivity index (χ3v) is 2.99. The second-order valence-electron chi connectivity index (χ2n) is 4.33. The Hall–Kier alpha value is -2.60. The minimum atomic E-state index is -0.226. The Morgan fingerprint density at radius 1 is 1.35 bits per heavy atom. The van der Waals surface area contributed by atoms with E-state index in [2.05, 4.69) is 10.3 Å². The molecule has 1 aromatic heterocycles. The number of anilines is 1. The first kappa shape index (κ1) is 12.4. The largest absolute Gasteiger partial charge is 0.321 e. The zero-order chi connectivity index (χ0) is 13.9. The van der Waals surface area contributed by atoms with Crippen molar-refractivity contribution in [2.45, 2.75) is 6.67 Å². The predicted molar refractivity (Wildman–Crippen MR) is 74.5 cm³/mol. The molecule has 1 N–H and O–H groups in total. The van der Waals surface area contributed by atoms with Gasteiger partial charge in [-0.05, 0) is 18.2 Å². The molecule has 1 aliphatic heterocycles. The second-order valence-corrected chi connectivity index (χ2v) is 4.33. The summed E-state index contributed by atoms with van der Waals surface area (Å²) in [6.07, 6.45) is 5.29. The molecule has 6 heteroatoms. The van der Waals surface area contributed by atoms with Crippen LogP contribution in [0.5, 0.6) is 0 Å². The number of fused-ring (bicyclic) bond motifs is 1. The van der Waals surface area contributed by atoms with Gasteiger partial charge in [0.15, 0.2) is 0 Å². The Labute approximate surface area is 116 Å². The quantitative estimate of drug-likeness (QED) is 0.926. The van der Waals surface area contributed by atoms with E-state index in [0.29, 0.717) is 12.4 Å². The van der Waals surface area contributed by atoms with Gasteiger partial charge in [0.1, 0.15) is 18.2 Å². The first-order chi connectivity index (χ1) is 9.76. The van der Waals surface area contributed by atoms with Crippen LogP contribution in [0.3, 0.4) is 0 Å². The fourth-order valence-corrected chi connectivity index (χ4v) is 1.97. The number of nitrogens with one attached hydrogen (secondary N) is 1. The molecule has 0 unspecified atom stereocenters. The summed E-state index contributed by atoms with van der Waals surface area (Å²) in [7, 11) is 1.59. The summed E-state index contributed by atoms with van der Waals surface area (Å²) >= 11 is 0. The Kier molecular flexibility index (Phi) is 3.22. The number of imidazole rings is 1. The van der Waals surface area contributed by atoms with Crippen molar-refractivity contribution in [2.75, 3.05) is 12.4 Å². The van der Waals surface area contributed by atoms with Gasteiger partial charge in [-0.1, -0.05) is 18.2 Å². The minimum absolute atomic E-state index is 0.226. The van der Waals surface area contributed by atoms with Crippen LogP contribution < -0.4 is 5.32 Å². The highest BCUT2D eigenvalue weighted by Crippen LogP contribution is 2.14. The standard InChI is InChI=1S/C14H14N4O2/c1-20-18-8-7-13-16-12(9-17(13)10-18)14(19)15-11-5-3-2-4-6-11/h2-9H,10H2,1H3,(H,15,19). The first-order valence-electron chi connectivity index (χ1n) is 6.19. The maximum absolute atomic E-state index is 12.1. The molecule has 1 aliphatic rings. The van der Waals surface area contributed by atoms with Gasteiger partial charge in [0.2, 0.25) is 0 Å². The number of carbonyl (C=O) groups excluding carboxylic acids is 1. The zero-order valence-electron chi connectivity index (χ0n) is 11.0. The van der Waals surface area contributed by atoms with E-state index in [1.54, 1.807) is 30.6 Å². The van der Waals surface area contributed by atoms with Gasteiger partial charge in [-0.3, -0.25) is 9.63 Å². The van der Waals surface area contributed by atoms with Gasteiger partial charge in [0.05, 0.1) is 7.11 Å². The van der Waals surface area contributed by atoms with Crippen LogP contribution >= 0.6 is 0 Å². The molecule has 0 saturated carbocycles. The highest BCUT2D eigenvalue weighted by Gasteiger charge is 2.16. The lowest BCUT2D eigenvalue weighted by Crippen LogP contribution is -2.23. The van der Waals surface area contributed by atoms with E-state index in [1.807, 2.05) is 34.9 Å². The van der Waals surface area contributed by atoms with Crippen molar-refractivity contribution in [3.8, 4) is 0 Å². The van der Waals surface area contributed by atoms with Crippen LogP contribution in [0, 0.1) is 0 Å². The summed E-state index contributed by atoms with van der Waals surface area (Å²) in [4.78, 5) is 21.5. The molecule has 6 nitrogen and oxygen atoms in total. The molecule has 0 bridgehead atoms. The topological polar surface area (TPSA) is 59.4 Å². The number of hydroxylamine groups is 2. The first-order valence-corrected chi connectivity index (χ1v) is 6.19. The number of para-hydroxylation sites is 1. The van der Waals surface area contributed by atoms with Gasteiger partial charge >= 0.3 is 0 Å². The molecule has 1 aromatic carbocycles. The van der Waals surface area contributed by atoms with Crippen molar-refractivity contribution in [2.24, 2.45) is 0 Å². The van der Waals surface area contributed by atoms with Gasteiger partial charge in [-0.15, -0.1) is 0 Å². The molecule has 2 heterocycles. The summed E-state index contributed by atoms with van der Waals surface area (Å²) in [5.41, 5.74) is 1.13. The average molecular weight is 270 g/mol. The third kappa shape index (κ3) is 2.41. The molecular weight excluding hydrogens is 256 g/mol. The molecule has 20 heavy (non-hydrogen) atoms. The van der Waals surface area contributed by atoms with Crippen LogP contribution in [-0.2, 0) is 11.5 Å². The predicted octanol–water partition coefficient (Wildman–Crippen LogP) is 1.94. The number of carbonyl (C=O) groups is 1. The molecule has 3 rings (SSSR count). The molecule has 1 amide bonds. The number of benzene rings is 1. The van der Waals surface area contributed by atoms with Crippen molar-refractivity contribution in [1.82, 2.24) is 14.6 Å². The fourth-order valence-electron chi connectivity index (χ4n) is 1.97. The SMILES string of the molecule is CON1C=Cc2nc(C(=O)Nc3ccccc3)cn2C1. The Bertz CT molecular complexity index is 648. The van der Waals surface area contributed by atoms with E-state index in [0.717, 1.165) is 11.5 Å². The van der Waals surface area contributed by atoms with E-state index >= 15 is 0 Å². The molecule has 0 fully saturated rings. The Morgan fingerprint density at radius 2 is 2.15 bits per heavy atom. The molecular formula is C14H14N4O2. The molecule has 0 spiro atoms. The molecule has 0 atom stereocenters. The summed E-state index contributed by atoms with van der Waals surface area (Å²) in [5.74, 6) is 0.506. The third-order valence-electron chi connectivity index (χ3n) is 2.99. The molecule has 0 radical (unpaired) electrons. The zero-order valence-corrected chi connectivity index (χ0v) is 11.0. The molecule has 0 saturated heterocycles. The number of hydrogen-bond acceptors (Lipinski definition) is 4. The van der Waals surface area contributed by atoms with Crippen LogP contribution in [0.15, 0.2) is 42.7 Å². The second kappa shape index (κ2) is 5.18. The van der Waals surface area contributed by atoms with Crippen LogP contribution in [-0.4, -0.2) is 27.6 Å². The monoisotopic (exact) mass is 270 g/mol. The van der Waals surface area contributed by atoms with Crippen LogP contribution in [0.2, 0.25) is 0 Å². The maximum atomic E-state index is 12.1. The lowest BCUT2D eigenvalue weighted by Gasteiger charge is -2.21. The summed E-state index contributed by atoms with van der Waals surface area (Å²) in [6, 6.07) is 9.30. The van der Waals surface area contributed by atoms with E-state index in [1.165, 1.54) is 0 Å². The average Bonchev–Trinajstić information content (AvgIpc) is 2.91. The molecule has 102 valence electrons. The lowest BCUT2D eigenvalue weighted by molar-refractivity contribution is -0.112. The fraction of sp³-hybridized carbons (Fsp3) is 0.143. The van der Waals surface area contributed by atoms with Crippen LogP contribution in [0.4, 0.5) is 5.69 Å². The summed E-state index contributed by atoms with van der Waals surface area (Å²) in [6.45, 7) is 0.508. The lowest BCUT2D eigenvalue weighted by atomic mass is 10.3. The van der Waals surface area contributed by atoms with Crippen molar-refractivity contribution in [3.63, 3.8) is 0 Å². The van der Waals surface area contributed by atoms with Gasteiger partial charge in [0, 0.05) is 18.1 Å². The van der Waals surface area contributed by atoms with Gasteiger partial charge in [-0.2, -0.15) is 0 Å². The number of aromatic nitrogens is 2. The number of rotatable bonds is 3. The normalized spacial score (nSPS) is 13.2. The Morgan fingerprint density at radius 3 is 2.90 bits per heavy atom. The van der Waals surface area contributed by atoms with Crippen molar-refractivity contribution < 1.29 is 9.63 Å². The maximum Gasteiger partial charge on any atom is 0.275 e. The van der Waals surface area contributed by atoms with E-state index in [9.17, 15) is 4.79 Å². The minimum Gasteiger partial charge on any atom is -0.321 e. The summed E-state index contributed by atoms with van der Waals surface area (Å²) < 4.78 is 1.85. The highest BCUT2D eigenvalue weighted by molar-refractivity contribution is 6.02. The number of nitrogens with zero attached hydrogens (tertiary/aromatic N) is 3. The number of amides is 1. The number of hydrogen-bond donors (Lipinski definition) is 1. The molecule has 2 aromatic rings. The molecule has 0 aliphatic carbocycles. The van der Waals surface area contributed by atoms with E-state index < -0.39 is 0 Å². The van der Waals surface area contributed by atoms with Gasteiger partial charge in [-0.25, -0.2) is 10.0 Å². The van der Waals surface area contributed by atoms with Crippen molar-refractivity contribution in [3.05, 3.63) is 54.2 Å². The Balaban J connectivity index is 1.77. The van der Waals surface area contributed by atoms with Crippen molar-refractivity contribution >= 4 is 17.7 Å². The highest BCUT2D eigenvalue weighted by atomic mass is 16.7. The van der Waals surface area contributed by atoms with Crippen LogP contribution in [0.25, 0.3) is 6.08 Å². The van der Waals surface area contributed by atoms with Crippen LogP contribution in [0.1, 0.15) is 16.3 Å². The van der Waals surface area contributed by atoms with E-state index in [4.69, 9.17) is 4.84 Å². The smallest absolute Gasteiger partial charge is 0.275 e. The van der Waals surface area contributed by atoms with Gasteiger partial charge < -0.3 is 9.88 Å².